The molecule has 0 amide bonds. The standard InChI is InChI=1S/C17H21NO2/c1-12-6-4-5-7-16(12)17(11-18)13-8-14(19-2)10-15(9-13)20-3/h4-10,17H,11,18H2,1-3H3/t17-/m1/s1. The molecule has 3 heteroatoms. The minimum Gasteiger partial charge on any atom is -0.497 e. The number of methoxy groups -OCH3 is 2. The maximum absolute atomic E-state index is 6.01. The second kappa shape index (κ2) is 6.44. The summed E-state index contributed by atoms with van der Waals surface area (Å²) in [4.78, 5) is 0. The summed E-state index contributed by atoms with van der Waals surface area (Å²) in [5.74, 6) is 1.71. The van der Waals surface area contributed by atoms with E-state index in [-0.39, 0.29) is 5.92 Å². The Morgan fingerprint density at radius 1 is 1.00 bits per heavy atom. The first kappa shape index (κ1) is 14.4. The quantitative estimate of drug-likeness (QED) is 0.908. The van der Waals surface area contributed by atoms with E-state index in [0.29, 0.717) is 6.54 Å². The van der Waals surface area contributed by atoms with E-state index in [0.717, 1.165) is 17.1 Å². The normalized spacial score (nSPS) is 12.0. The first-order valence-corrected chi connectivity index (χ1v) is 6.68. The van der Waals surface area contributed by atoms with E-state index < -0.39 is 0 Å². The molecule has 0 radical (unpaired) electrons. The number of hydrogen-bond donors (Lipinski definition) is 1. The van der Waals surface area contributed by atoms with Gasteiger partial charge < -0.3 is 15.2 Å². The highest BCUT2D eigenvalue weighted by molar-refractivity contribution is 5.45. The molecule has 2 aromatic carbocycles. The van der Waals surface area contributed by atoms with Crippen LogP contribution in [0.4, 0.5) is 0 Å². The number of aryl methyl sites for hydroxylation is 1. The predicted octanol–water partition coefficient (Wildman–Crippen LogP) is 3.10. The monoisotopic (exact) mass is 271 g/mol. The van der Waals surface area contributed by atoms with Crippen LogP contribution < -0.4 is 15.2 Å². The summed E-state index contributed by atoms with van der Waals surface area (Å²) in [7, 11) is 3.31. The molecule has 2 N–H and O–H groups in total. The zero-order chi connectivity index (χ0) is 14.5. The van der Waals surface area contributed by atoms with Crippen molar-refractivity contribution in [2.24, 2.45) is 5.73 Å². The third-order valence-corrected chi connectivity index (χ3v) is 3.58. The van der Waals surface area contributed by atoms with Gasteiger partial charge in [-0.1, -0.05) is 24.3 Å². The van der Waals surface area contributed by atoms with Gasteiger partial charge in [0.1, 0.15) is 11.5 Å². The molecule has 0 aliphatic rings. The molecule has 0 saturated heterocycles. The Morgan fingerprint density at radius 2 is 1.60 bits per heavy atom. The van der Waals surface area contributed by atoms with Crippen LogP contribution in [-0.2, 0) is 0 Å². The van der Waals surface area contributed by atoms with Crippen molar-refractivity contribution >= 4 is 0 Å². The predicted molar refractivity (Wildman–Crippen MR) is 81.6 cm³/mol. The molecule has 2 rings (SSSR count). The molecule has 0 bridgehead atoms. The lowest BCUT2D eigenvalue weighted by Crippen LogP contribution is -2.15. The molecule has 3 nitrogen and oxygen atoms in total. The van der Waals surface area contributed by atoms with Gasteiger partial charge in [-0.3, -0.25) is 0 Å². The average Bonchev–Trinajstić information content (AvgIpc) is 2.49. The van der Waals surface area contributed by atoms with Gasteiger partial charge in [0.05, 0.1) is 14.2 Å². The first-order valence-electron chi connectivity index (χ1n) is 6.68. The molecule has 106 valence electrons. The van der Waals surface area contributed by atoms with Crippen molar-refractivity contribution in [2.75, 3.05) is 20.8 Å². The lowest BCUT2D eigenvalue weighted by Gasteiger charge is -2.19. The Morgan fingerprint density at radius 3 is 2.10 bits per heavy atom. The van der Waals surface area contributed by atoms with E-state index >= 15 is 0 Å². The maximum atomic E-state index is 6.01. The molecule has 0 saturated carbocycles. The van der Waals surface area contributed by atoms with Crippen molar-refractivity contribution in [3.8, 4) is 11.5 Å². The molecular weight excluding hydrogens is 250 g/mol. The summed E-state index contributed by atoms with van der Waals surface area (Å²) in [6.07, 6.45) is 0. The summed E-state index contributed by atoms with van der Waals surface area (Å²) >= 11 is 0. The third-order valence-electron chi connectivity index (χ3n) is 3.58. The van der Waals surface area contributed by atoms with Gasteiger partial charge in [-0.05, 0) is 35.7 Å². The van der Waals surface area contributed by atoms with Gasteiger partial charge in [0.15, 0.2) is 0 Å². The van der Waals surface area contributed by atoms with Crippen LogP contribution in [-0.4, -0.2) is 20.8 Å². The fourth-order valence-corrected chi connectivity index (χ4v) is 2.45. The Kier molecular flexibility index (Phi) is 4.64. The molecule has 20 heavy (non-hydrogen) atoms. The van der Waals surface area contributed by atoms with E-state index in [9.17, 15) is 0 Å². The van der Waals surface area contributed by atoms with E-state index in [4.69, 9.17) is 15.2 Å². The second-order valence-corrected chi connectivity index (χ2v) is 4.79. The molecule has 2 aromatic rings. The van der Waals surface area contributed by atoms with Crippen LogP contribution in [0.25, 0.3) is 0 Å². The second-order valence-electron chi connectivity index (χ2n) is 4.79. The number of benzene rings is 2. The lowest BCUT2D eigenvalue weighted by molar-refractivity contribution is 0.393. The van der Waals surface area contributed by atoms with Gasteiger partial charge in [0.25, 0.3) is 0 Å². The highest BCUT2D eigenvalue weighted by Gasteiger charge is 2.16. The molecule has 0 aromatic heterocycles. The van der Waals surface area contributed by atoms with Gasteiger partial charge in [-0.15, -0.1) is 0 Å². The highest BCUT2D eigenvalue weighted by atomic mass is 16.5. The van der Waals surface area contributed by atoms with Crippen LogP contribution in [0.3, 0.4) is 0 Å². The van der Waals surface area contributed by atoms with Crippen LogP contribution >= 0.6 is 0 Å². The zero-order valence-corrected chi connectivity index (χ0v) is 12.2. The average molecular weight is 271 g/mol. The van der Waals surface area contributed by atoms with E-state index in [1.165, 1.54) is 11.1 Å². The Labute approximate surface area is 120 Å². The molecule has 0 unspecified atom stereocenters. The number of hydrogen-bond acceptors (Lipinski definition) is 3. The van der Waals surface area contributed by atoms with E-state index in [1.54, 1.807) is 14.2 Å². The molecular formula is C17H21NO2. The molecule has 1 atom stereocenters. The van der Waals surface area contributed by atoms with E-state index in [2.05, 4.69) is 19.1 Å². The fourth-order valence-electron chi connectivity index (χ4n) is 2.45. The smallest absolute Gasteiger partial charge is 0.122 e. The molecule has 0 heterocycles. The SMILES string of the molecule is COc1cc(OC)cc([C@@H](CN)c2ccccc2C)c1. The largest absolute Gasteiger partial charge is 0.497 e. The molecule has 0 aliphatic heterocycles. The highest BCUT2D eigenvalue weighted by Crippen LogP contribution is 2.32. The summed E-state index contributed by atoms with van der Waals surface area (Å²) in [6, 6.07) is 14.2. The first-order chi connectivity index (χ1) is 9.69. The van der Waals surface area contributed by atoms with Crippen molar-refractivity contribution in [3.05, 3.63) is 59.2 Å². The van der Waals surface area contributed by atoms with Gasteiger partial charge in [-0.2, -0.15) is 0 Å². The van der Waals surface area contributed by atoms with Crippen molar-refractivity contribution in [1.29, 1.82) is 0 Å². The number of rotatable bonds is 5. The van der Waals surface area contributed by atoms with Gasteiger partial charge in [0.2, 0.25) is 0 Å². The van der Waals surface area contributed by atoms with Crippen LogP contribution in [0.15, 0.2) is 42.5 Å². The van der Waals surface area contributed by atoms with Crippen LogP contribution in [0, 0.1) is 6.92 Å². The topological polar surface area (TPSA) is 44.5 Å². The third kappa shape index (κ3) is 2.94. The summed E-state index contributed by atoms with van der Waals surface area (Å²) in [5.41, 5.74) is 9.60. The molecule has 0 aliphatic carbocycles. The minimum atomic E-state index is 0.139. The molecule has 0 fully saturated rings. The van der Waals surface area contributed by atoms with Gasteiger partial charge in [-0.25, -0.2) is 0 Å². The van der Waals surface area contributed by atoms with Crippen LogP contribution in [0.2, 0.25) is 0 Å². The summed E-state index contributed by atoms with van der Waals surface area (Å²) in [6.45, 7) is 2.65. The van der Waals surface area contributed by atoms with Gasteiger partial charge >= 0.3 is 0 Å². The number of ether oxygens (including phenoxy) is 2. The Bertz CT molecular complexity index is 559. The van der Waals surface area contributed by atoms with Crippen molar-refractivity contribution in [1.82, 2.24) is 0 Å². The fraction of sp³-hybridized carbons (Fsp3) is 0.294. The van der Waals surface area contributed by atoms with Crippen molar-refractivity contribution in [3.63, 3.8) is 0 Å². The van der Waals surface area contributed by atoms with Crippen molar-refractivity contribution in [2.45, 2.75) is 12.8 Å². The molecule has 0 spiro atoms. The lowest BCUT2D eigenvalue weighted by atomic mass is 9.88. The Hall–Kier alpha value is -2.00. The minimum absolute atomic E-state index is 0.139. The number of nitrogens with two attached hydrogens (primary N) is 1. The summed E-state index contributed by atoms with van der Waals surface area (Å²) < 4.78 is 10.7. The van der Waals surface area contributed by atoms with E-state index in [1.807, 2.05) is 30.3 Å². The van der Waals surface area contributed by atoms with Gasteiger partial charge in [0, 0.05) is 18.5 Å². The van der Waals surface area contributed by atoms with Crippen LogP contribution in [0.5, 0.6) is 11.5 Å². The summed E-state index contributed by atoms with van der Waals surface area (Å²) in [5, 5.41) is 0. The Balaban J connectivity index is 2.49. The zero-order valence-electron chi connectivity index (χ0n) is 12.2. The maximum Gasteiger partial charge on any atom is 0.122 e. The van der Waals surface area contributed by atoms with Crippen molar-refractivity contribution < 1.29 is 9.47 Å². The van der Waals surface area contributed by atoms with Crippen LogP contribution in [0.1, 0.15) is 22.6 Å².